The minimum atomic E-state index is -0.395. The summed E-state index contributed by atoms with van der Waals surface area (Å²) in [7, 11) is 1.72. The number of anilines is 1. The highest BCUT2D eigenvalue weighted by Gasteiger charge is 2.42. The van der Waals surface area contributed by atoms with E-state index in [0.29, 0.717) is 12.1 Å². The molecule has 2 aliphatic heterocycles. The van der Waals surface area contributed by atoms with Gasteiger partial charge in [-0.05, 0) is 43.4 Å². The third kappa shape index (κ3) is 6.49. The summed E-state index contributed by atoms with van der Waals surface area (Å²) in [5, 5.41) is 9.45. The predicted molar refractivity (Wildman–Crippen MR) is 105 cm³/mol. The molecule has 2 unspecified atom stereocenters. The van der Waals surface area contributed by atoms with Crippen molar-refractivity contribution < 1.29 is 9.18 Å². The van der Waals surface area contributed by atoms with E-state index in [0.717, 1.165) is 18.0 Å². The maximum atomic E-state index is 12.6. The Morgan fingerprint density at radius 1 is 1.19 bits per heavy atom. The highest BCUT2D eigenvalue weighted by Crippen LogP contribution is 2.39. The molecular formula is C20H29ClFN3O. The van der Waals surface area contributed by atoms with Crippen LogP contribution in [0.4, 0.5) is 10.1 Å². The first-order valence-corrected chi connectivity index (χ1v) is 9.54. The van der Waals surface area contributed by atoms with Gasteiger partial charge in [0.25, 0.3) is 0 Å². The summed E-state index contributed by atoms with van der Waals surface area (Å²) >= 11 is 5.43. The van der Waals surface area contributed by atoms with Crippen LogP contribution in [-0.2, 0) is 4.79 Å². The van der Waals surface area contributed by atoms with Gasteiger partial charge in [0.1, 0.15) is 5.82 Å². The van der Waals surface area contributed by atoms with Crippen molar-refractivity contribution in [3.63, 3.8) is 0 Å². The molecule has 0 aromatic heterocycles. The summed E-state index contributed by atoms with van der Waals surface area (Å²) in [6.07, 6.45) is 10.7. The highest BCUT2D eigenvalue weighted by atomic mass is 35.5. The minimum absolute atomic E-state index is 0.152. The molecule has 1 N–H and O–H groups in total. The smallest absolute Gasteiger partial charge is 0.210 e. The first kappa shape index (κ1) is 22.2. The van der Waals surface area contributed by atoms with Crippen molar-refractivity contribution in [3.05, 3.63) is 29.0 Å². The fourth-order valence-corrected chi connectivity index (χ4v) is 3.37. The molecule has 2 bridgehead atoms. The topological polar surface area (TPSA) is 56.1 Å². The first-order chi connectivity index (χ1) is 12.5. The van der Waals surface area contributed by atoms with Crippen LogP contribution >= 0.6 is 11.6 Å². The Morgan fingerprint density at radius 2 is 1.73 bits per heavy atom. The standard InChI is InChI=1S/C8H13NO.C7H7ClFN.C4H8.CHN/c1-6-2-7-4-8(3-6)9(7)5-10;1-10-5-2-3-6(8)7(9)4-5;1-2-4-3-1;1-2/h5-8H,2-4H2,1H3;2-4,10H,1H3;1-4H2;1H. The molecule has 5 rings (SSSR count). The van der Waals surface area contributed by atoms with E-state index in [4.69, 9.17) is 16.9 Å². The normalized spacial score (nSPS) is 24.5. The van der Waals surface area contributed by atoms with E-state index in [2.05, 4.69) is 18.8 Å². The molecule has 144 valence electrons. The van der Waals surface area contributed by atoms with Crippen molar-refractivity contribution in [2.45, 2.75) is 64.0 Å². The van der Waals surface area contributed by atoms with Crippen LogP contribution in [0, 0.1) is 23.6 Å². The number of rotatable bonds is 2. The quantitative estimate of drug-likeness (QED) is 0.713. The second-order valence-electron chi connectivity index (χ2n) is 6.97. The zero-order chi connectivity index (χ0) is 19.5. The number of hydrogen-bond acceptors (Lipinski definition) is 3. The second kappa shape index (κ2) is 11.7. The highest BCUT2D eigenvalue weighted by molar-refractivity contribution is 6.30. The van der Waals surface area contributed by atoms with E-state index >= 15 is 0 Å². The summed E-state index contributed by atoms with van der Waals surface area (Å²) in [5.74, 6) is 0.452. The molecule has 0 radical (unpaired) electrons. The molecule has 2 atom stereocenters. The molecule has 1 amide bonds. The van der Waals surface area contributed by atoms with Gasteiger partial charge in [-0.25, -0.2) is 9.65 Å². The molecule has 4 aliphatic rings. The van der Waals surface area contributed by atoms with Gasteiger partial charge >= 0.3 is 0 Å². The monoisotopic (exact) mass is 381 g/mol. The number of fused-ring (bicyclic) bond motifs is 2. The Bertz CT molecular complexity index is 561. The van der Waals surface area contributed by atoms with Crippen LogP contribution < -0.4 is 5.32 Å². The largest absolute Gasteiger partial charge is 0.388 e. The molecule has 2 heterocycles. The van der Waals surface area contributed by atoms with Gasteiger partial charge in [-0.2, -0.15) is 0 Å². The Morgan fingerprint density at radius 3 is 2.12 bits per heavy atom. The Balaban J connectivity index is 0.000000200. The van der Waals surface area contributed by atoms with Crippen molar-refractivity contribution in [2.75, 3.05) is 12.4 Å². The van der Waals surface area contributed by atoms with Gasteiger partial charge in [0.05, 0.1) is 5.02 Å². The SMILES string of the molecule is C#N.C1CCC1.CC1CC2CC(C1)N2C=O.CNc1ccc(Cl)c(F)c1. The van der Waals surface area contributed by atoms with Gasteiger partial charge in [-0.1, -0.05) is 44.2 Å². The summed E-state index contributed by atoms with van der Waals surface area (Å²) in [4.78, 5) is 12.4. The van der Waals surface area contributed by atoms with Crippen molar-refractivity contribution in [3.8, 4) is 6.57 Å². The Hall–Kier alpha value is -1.80. The third-order valence-electron chi connectivity index (χ3n) is 5.07. The van der Waals surface area contributed by atoms with Crippen LogP contribution in [0.3, 0.4) is 0 Å². The molecule has 4 fully saturated rings. The van der Waals surface area contributed by atoms with Gasteiger partial charge in [-0.3, -0.25) is 4.79 Å². The van der Waals surface area contributed by atoms with E-state index in [-0.39, 0.29) is 5.02 Å². The molecule has 2 aliphatic carbocycles. The number of benzene rings is 1. The second-order valence-corrected chi connectivity index (χ2v) is 7.37. The van der Waals surface area contributed by atoms with Gasteiger partial charge in [0.15, 0.2) is 0 Å². The lowest BCUT2D eigenvalue weighted by Gasteiger charge is -2.53. The lowest BCUT2D eigenvalue weighted by molar-refractivity contribution is -0.136. The van der Waals surface area contributed by atoms with Crippen LogP contribution in [0.25, 0.3) is 0 Å². The van der Waals surface area contributed by atoms with Crippen molar-refractivity contribution >= 4 is 23.7 Å². The van der Waals surface area contributed by atoms with Crippen molar-refractivity contribution in [2.24, 2.45) is 5.92 Å². The average Bonchev–Trinajstić information content (AvgIpc) is 2.58. The molecule has 1 aromatic carbocycles. The Kier molecular flexibility index (Phi) is 10.0. The number of nitrogens with one attached hydrogen (secondary N) is 1. The summed E-state index contributed by atoms with van der Waals surface area (Å²) in [6.45, 7) is 5.78. The number of carbonyl (C=O) groups excluding carboxylic acids is 1. The maximum Gasteiger partial charge on any atom is 0.210 e. The van der Waals surface area contributed by atoms with E-state index in [9.17, 15) is 9.18 Å². The van der Waals surface area contributed by atoms with E-state index < -0.39 is 5.82 Å². The number of nitrogens with zero attached hydrogens (tertiary/aromatic N) is 2. The fraction of sp³-hybridized carbons (Fsp3) is 0.600. The zero-order valence-corrected chi connectivity index (χ0v) is 16.4. The van der Waals surface area contributed by atoms with Gasteiger partial charge in [-0.15, -0.1) is 0 Å². The van der Waals surface area contributed by atoms with Crippen LogP contribution in [0.1, 0.15) is 51.9 Å². The molecular weight excluding hydrogens is 353 g/mol. The minimum Gasteiger partial charge on any atom is -0.388 e. The fourth-order valence-electron chi connectivity index (χ4n) is 3.25. The number of hydrogen-bond donors (Lipinski definition) is 1. The van der Waals surface area contributed by atoms with E-state index in [1.807, 2.05) is 4.90 Å². The molecule has 0 spiro atoms. The summed E-state index contributed by atoms with van der Waals surface area (Å²) in [6, 6.07) is 5.79. The van der Waals surface area contributed by atoms with Gasteiger partial charge < -0.3 is 10.2 Å². The van der Waals surface area contributed by atoms with Crippen LogP contribution in [0.15, 0.2) is 18.2 Å². The number of nitriles is 1. The van der Waals surface area contributed by atoms with Gasteiger partial charge in [0, 0.05) is 31.4 Å². The first-order valence-electron chi connectivity index (χ1n) is 9.16. The lowest BCUT2D eigenvalue weighted by Crippen LogP contribution is -2.59. The third-order valence-corrected chi connectivity index (χ3v) is 5.37. The molecule has 2 saturated heterocycles. The molecule has 2 saturated carbocycles. The lowest BCUT2D eigenvalue weighted by atomic mass is 9.75. The number of amides is 1. The van der Waals surface area contributed by atoms with Crippen LogP contribution in [0.5, 0.6) is 0 Å². The van der Waals surface area contributed by atoms with E-state index in [1.54, 1.807) is 13.1 Å². The number of halogens is 2. The zero-order valence-electron chi connectivity index (χ0n) is 15.6. The van der Waals surface area contributed by atoms with Crippen LogP contribution in [-0.4, -0.2) is 30.4 Å². The average molecular weight is 382 g/mol. The molecule has 4 nitrogen and oxygen atoms in total. The molecule has 26 heavy (non-hydrogen) atoms. The summed E-state index contributed by atoms with van der Waals surface area (Å²) in [5.41, 5.74) is 0.724. The molecule has 6 heteroatoms. The maximum absolute atomic E-state index is 12.6. The summed E-state index contributed by atoms with van der Waals surface area (Å²) < 4.78 is 12.6. The van der Waals surface area contributed by atoms with E-state index in [1.165, 1.54) is 57.1 Å². The number of piperidine rings is 1. The van der Waals surface area contributed by atoms with Crippen molar-refractivity contribution in [1.29, 1.82) is 5.26 Å². The Labute approximate surface area is 161 Å². The van der Waals surface area contributed by atoms with Crippen LogP contribution in [0.2, 0.25) is 5.02 Å². The number of carbonyl (C=O) groups is 1. The van der Waals surface area contributed by atoms with Crippen molar-refractivity contribution in [1.82, 2.24) is 4.90 Å². The molecule has 1 aromatic rings. The van der Waals surface area contributed by atoms with Gasteiger partial charge in [0.2, 0.25) is 6.41 Å². The predicted octanol–water partition coefficient (Wildman–Crippen LogP) is 5.24.